The lowest BCUT2D eigenvalue weighted by molar-refractivity contribution is 0.191. The van der Waals surface area contributed by atoms with Gasteiger partial charge in [0, 0.05) is 16.7 Å². The molecule has 1 saturated carbocycles. The molecule has 0 radical (unpaired) electrons. The molecule has 2 N–H and O–H groups in total. The summed E-state index contributed by atoms with van der Waals surface area (Å²) in [6.45, 7) is 0. The highest BCUT2D eigenvalue weighted by Gasteiger charge is 2.40. The lowest BCUT2D eigenvalue weighted by Crippen LogP contribution is -2.44. The molecule has 1 atom stereocenters. The van der Waals surface area contributed by atoms with Gasteiger partial charge in [0.2, 0.25) is 6.10 Å². The highest BCUT2D eigenvalue weighted by molar-refractivity contribution is 6.34. The Hall–Kier alpha value is -2.08. The summed E-state index contributed by atoms with van der Waals surface area (Å²) in [6.07, 6.45) is 2.15. The van der Waals surface area contributed by atoms with Crippen molar-refractivity contribution in [3.8, 4) is 5.75 Å². The number of hydrogen-bond acceptors (Lipinski definition) is 5. The molecule has 0 aliphatic heterocycles. The summed E-state index contributed by atoms with van der Waals surface area (Å²) in [5.41, 5.74) is 6.66. The average molecular weight is 390 g/mol. The summed E-state index contributed by atoms with van der Waals surface area (Å²) in [4.78, 5) is 4.53. The normalized spacial score (nSPS) is 16.7. The minimum absolute atomic E-state index is 0.332. The molecule has 0 saturated heterocycles. The van der Waals surface area contributed by atoms with Crippen molar-refractivity contribution in [2.45, 2.75) is 30.9 Å². The predicted octanol–water partition coefficient (Wildman–Crippen LogP) is 4.88. The fourth-order valence-electron chi connectivity index (χ4n) is 2.91. The third-order valence-corrected chi connectivity index (χ3v) is 5.14. The summed E-state index contributed by atoms with van der Waals surface area (Å²) in [7, 11) is 0. The Morgan fingerprint density at radius 2 is 1.88 bits per heavy atom. The van der Waals surface area contributed by atoms with Crippen LogP contribution in [0.5, 0.6) is 5.75 Å². The molecule has 0 spiro atoms. The van der Waals surface area contributed by atoms with Gasteiger partial charge in [-0.05, 0) is 31.4 Å². The second kappa shape index (κ2) is 6.91. The van der Waals surface area contributed by atoms with Crippen LogP contribution in [0, 0.1) is 0 Å². The maximum absolute atomic E-state index is 6.31. The van der Waals surface area contributed by atoms with E-state index >= 15 is 0 Å². The van der Waals surface area contributed by atoms with Crippen molar-refractivity contribution < 1.29 is 9.26 Å². The van der Waals surface area contributed by atoms with Crippen LogP contribution in [0.3, 0.4) is 0 Å². The van der Waals surface area contributed by atoms with Crippen molar-refractivity contribution in [3.63, 3.8) is 0 Å². The molecule has 2 aromatic carbocycles. The first-order valence-electron chi connectivity index (χ1n) is 8.35. The van der Waals surface area contributed by atoms with Gasteiger partial charge < -0.3 is 15.0 Å². The minimum atomic E-state index is -0.614. The number of hydrogen-bond donors (Lipinski definition) is 1. The number of benzene rings is 2. The fraction of sp³-hybridized carbons (Fsp3) is 0.263. The van der Waals surface area contributed by atoms with Crippen LogP contribution in [-0.2, 0) is 5.54 Å². The maximum atomic E-state index is 6.31. The van der Waals surface area contributed by atoms with E-state index in [0.29, 0.717) is 27.5 Å². The van der Waals surface area contributed by atoms with Crippen LogP contribution < -0.4 is 10.5 Å². The van der Waals surface area contributed by atoms with E-state index < -0.39 is 11.6 Å². The van der Waals surface area contributed by atoms with Gasteiger partial charge in [0.1, 0.15) is 5.75 Å². The summed E-state index contributed by atoms with van der Waals surface area (Å²) in [5, 5.41) is 5.06. The number of nitrogens with zero attached hydrogens (tertiary/aromatic N) is 2. The van der Waals surface area contributed by atoms with Crippen LogP contribution in [0.25, 0.3) is 0 Å². The molecule has 7 heteroatoms. The Balaban J connectivity index is 1.71. The topological polar surface area (TPSA) is 74.2 Å². The van der Waals surface area contributed by atoms with E-state index in [1.165, 1.54) is 0 Å². The number of ether oxygens (including phenoxy) is 1. The first-order valence-corrected chi connectivity index (χ1v) is 9.10. The maximum Gasteiger partial charge on any atom is 0.272 e. The van der Waals surface area contributed by atoms with E-state index in [0.717, 1.165) is 24.8 Å². The zero-order valence-electron chi connectivity index (χ0n) is 13.9. The van der Waals surface area contributed by atoms with E-state index in [2.05, 4.69) is 10.1 Å². The molecule has 1 fully saturated rings. The number of nitrogens with two attached hydrogens (primary N) is 1. The SMILES string of the molecule is NC1(c2noc(C(Oc3cc(Cl)ccc3Cl)c3ccccc3)n2)CCC1. The molecule has 5 nitrogen and oxygen atoms in total. The van der Waals surface area contributed by atoms with E-state index in [9.17, 15) is 0 Å². The van der Waals surface area contributed by atoms with Gasteiger partial charge in [-0.2, -0.15) is 4.98 Å². The fourth-order valence-corrected chi connectivity index (χ4v) is 3.23. The first kappa shape index (κ1) is 17.3. The molecule has 0 amide bonds. The van der Waals surface area contributed by atoms with Gasteiger partial charge in [0.15, 0.2) is 5.82 Å². The first-order chi connectivity index (χ1) is 12.5. The Bertz CT molecular complexity index is 910. The highest BCUT2D eigenvalue weighted by atomic mass is 35.5. The summed E-state index contributed by atoms with van der Waals surface area (Å²) >= 11 is 12.3. The van der Waals surface area contributed by atoms with Gasteiger partial charge in [-0.1, -0.05) is 58.7 Å². The van der Waals surface area contributed by atoms with Crippen LogP contribution in [0.4, 0.5) is 0 Å². The van der Waals surface area contributed by atoms with Crippen molar-refractivity contribution in [2.24, 2.45) is 5.73 Å². The molecule has 1 aliphatic rings. The Morgan fingerprint density at radius 3 is 2.58 bits per heavy atom. The number of halogens is 2. The summed E-state index contributed by atoms with van der Waals surface area (Å²) in [6, 6.07) is 14.7. The highest BCUT2D eigenvalue weighted by Crippen LogP contribution is 2.39. The van der Waals surface area contributed by atoms with Crippen LogP contribution in [-0.4, -0.2) is 10.1 Å². The molecule has 1 aromatic heterocycles. The second-order valence-electron chi connectivity index (χ2n) is 6.45. The predicted molar refractivity (Wildman–Crippen MR) is 99.4 cm³/mol. The zero-order valence-corrected chi connectivity index (χ0v) is 15.4. The van der Waals surface area contributed by atoms with Gasteiger partial charge in [0.05, 0.1) is 10.6 Å². The summed E-state index contributed by atoms with van der Waals surface area (Å²) < 4.78 is 11.6. The lowest BCUT2D eigenvalue weighted by Gasteiger charge is -2.34. The molecular weight excluding hydrogens is 373 g/mol. The molecule has 0 bridgehead atoms. The van der Waals surface area contributed by atoms with Gasteiger partial charge in [0.25, 0.3) is 5.89 Å². The largest absolute Gasteiger partial charge is 0.474 e. The van der Waals surface area contributed by atoms with Gasteiger partial charge in [-0.15, -0.1) is 0 Å². The Labute approximate surface area is 161 Å². The van der Waals surface area contributed by atoms with Gasteiger partial charge >= 0.3 is 0 Å². The van der Waals surface area contributed by atoms with E-state index in [-0.39, 0.29) is 0 Å². The van der Waals surface area contributed by atoms with E-state index in [4.69, 9.17) is 38.2 Å². The number of aromatic nitrogens is 2. The Morgan fingerprint density at radius 1 is 1.12 bits per heavy atom. The van der Waals surface area contributed by atoms with Crippen LogP contribution in [0.15, 0.2) is 53.1 Å². The van der Waals surface area contributed by atoms with Crippen molar-refractivity contribution >= 4 is 23.2 Å². The van der Waals surface area contributed by atoms with Crippen LogP contribution in [0.2, 0.25) is 10.0 Å². The molecule has 3 aromatic rings. The molecule has 1 heterocycles. The van der Waals surface area contributed by atoms with E-state index in [1.54, 1.807) is 18.2 Å². The molecule has 26 heavy (non-hydrogen) atoms. The van der Waals surface area contributed by atoms with Crippen LogP contribution >= 0.6 is 23.2 Å². The molecular formula is C19H17Cl2N3O2. The van der Waals surface area contributed by atoms with Crippen molar-refractivity contribution in [1.29, 1.82) is 0 Å². The second-order valence-corrected chi connectivity index (χ2v) is 7.29. The van der Waals surface area contributed by atoms with Gasteiger partial charge in [-0.3, -0.25) is 0 Å². The van der Waals surface area contributed by atoms with Crippen molar-refractivity contribution in [2.75, 3.05) is 0 Å². The Kier molecular flexibility index (Phi) is 4.61. The van der Waals surface area contributed by atoms with Crippen molar-refractivity contribution in [3.05, 3.63) is 75.9 Å². The molecule has 4 rings (SSSR count). The smallest absolute Gasteiger partial charge is 0.272 e. The molecule has 134 valence electrons. The van der Waals surface area contributed by atoms with Crippen LogP contribution in [0.1, 0.15) is 42.6 Å². The lowest BCUT2D eigenvalue weighted by atomic mass is 9.77. The average Bonchev–Trinajstić information content (AvgIpc) is 3.11. The summed E-state index contributed by atoms with van der Waals surface area (Å²) in [5.74, 6) is 1.29. The minimum Gasteiger partial charge on any atom is -0.474 e. The monoisotopic (exact) mass is 389 g/mol. The van der Waals surface area contributed by atoms with E-state index in [1.807, 2.05) is 30.3 Å². The van der Waals surface area contributed by atoms with Gasteiger partial charge in [-0.25, -0.2) is 0 Å². The quantitative estimate of drug-likeness (QED) is 0.672. The standard InChI is InChI=1S/C19H17Cl2N3O2/c20-13-7-8-14(21)15(11-13)25-16(12-5-2-1-3-6-12)17-23-18(24-26-17)19(22)9-4-10-19/h1-3,5-8,11,16H,4,9-10,22H2. The molecule has 1 aliphatic carbocycles. The van der Waals surface area contributed by atoms with Crippen molar-refractivity contribution in [1.82, 2.24) is 10.1 Å². The zero-order chi connectivity index (χ0) is 18.1. The third-order valence-electron chi connectivity index (χ3n) is 4.60. The third kappa shape index (κ3) is 3.30. The number of rotatable bonds is 5. The molecule has 1 unspecified atom stereocenters.